The minimum Gasteiger partial charge on any atom is -0.488 e. The lowest BCUT2D eigenvalue weighted by Gasteiger charge is -2.10. The van der Waals surface area contributed by atoms with E-state index in [0.717, 1.165) is 16.2 Å². The molecule has 0 aromatic heterocycles. The fraction of sp³-hybridized carbons (Fsp3) is 0.0588. The Labute approximate surface area is 161 Å². The first-order valence-electron chi connectivity index (χ1n) is 7.36. The molecule has 0 saturated carbocycles. The lowest BCUT2D eigenvalue weighted by atomic mass is 10.1. The van der Waals surface area contributed by atoms with Crippen LogP contribution in [0.2, 0.25) is 0 Å². The third kappa shape index (κ3) is 4.30. The average Bonchev–Trinajstić information content (AvgIpc) is 2.91. The van der Waals surface area contributed by atoms with Crippen LogP contribution in [0, 0.1) is 10.1 Å². The maximum Gasteiger partial charge on any atom is 0.286 e. The van der Waals surface area contributed by atoms with Gasteiger partial charge in [-0.25, -0.2) is 0 Å². The molecule has 1 amide bonds. The molecule has 1 heterocycles. The van der Waals surface area contributed by atoms with Crippen LogP contribution in [0.1, 0.15) is 11.1 Å². The molecule has 0 radical (unpaired) electrons. The van der Waals surface area contributed by atoms with Gasteiger partial charge in [-0.3, -0.25) is 14.9 Å². The van der Waals surface area contributed by atoms with Gasteiger partial charge in [0, 0.05) is 22.2 Å². The van der Waals surface area contributed by atoms with Crippen LogP contribution in [0.15, 0.2) is 56.8 Å². The van der Waals surface area contributed by atoms with E-state index in [1.165, 1.54) is 12.1 Å². The number of nitro groups is 1. The molecule has 0 spiro atoms. The normalized spacial score (nSPS) is 15.2. The van der Waals surface area contributed by atoms with E-state index in [2.05, 4.69) is 20.9 Å². The van der Waals surface area contributed by atoms with E-state index >= 15 is 0 Å². The molecule has 3 rings (SSSR count). The molecule has 9 heteroatoms. The number of hydrogen-bond acceptors (Lipinski definition) is 6. The molecule has 26 heavy (non-hydrogen) atoms. The predicted molar refractivity (Wildman–Crippen MR) is 104 cm³/mol. The highest BCUT2D eigenvalue weighted by Crippen LogP contribution is 2.31. The molecular formula is C17H12BrN3O4S. The van der Waals surface area contributed by atoms with Crippen molar-refractivity contribution >= 4 is 50.5 Å². The summed E-state index contributed by atoms with van der Waals surface area (Å²) in [6.45, 7) is 0.152. The van der Waals surface area contributed by atoms with Crippen molar-refractivity contribution in [3.63, 3.8) is 0 Å². The number of carbonyl (C=O) groups excluding carboxylic acids is 1. The van der Waals surface area contributed by atoms with Crippen molar-refractivity contribution in [2.75, 3.05) is 0 Å². The van der Waals surface area contributed by atoms with Crippen LogP contribution in [-0.4, -0.2) is 16.0 Å². The summed E-state index contributed by atoms with van der Waals surface area (Å²) in [4.78, 5) is 26.3. The third-order valence-electron chi connectivity index (χ3n) is 3.41. The summed E-state index contributed by atoms with van der Waals surface area (Å²) in [5, 5.41) is 11.1. The van der Waals surface area contributed by atoms with Crippen molar-refractivity contribution in [3.8, 4) is 5.75 Å². The van der Waals surface area contributed by atoms with Crippen LogP contribution in [-0.2, 0) is 11.4 Å². The number of nitro benzene ring substituents is 1. The summed E-state index contributed by atoms with van der Waals surface area (Å²) in [5.74, 6) is 0.142. The number of benzene rings is 2. The van der Waals surface area contributed by atoms with Crippen molar-refractivity contribution in [3.05, 3.63) is 73.1 Å². The molecule has 2 aromatic carbocycles. The van der Waals surface area contributed by atoms with Gasteiger partial charge in [-0.2, -0.15) is 4.99 Å². The molecule has 0 atom stereocenters. The first-order chi connectivity index (χ1) is 12.4. The zero-order valence-electron chi connectivity index (χ0n) is 13.2. The first-order valence-corrected chi connectivity index (χ1v) is 8.97. The van der Waals surface area contributed by atoms with Crippen LogP contribution in [0.5, 0.6) is 5.75 Å². The molecule has 132 valence electrons. The largest absolute Gasteiger partial charge is 0.488 e. The number of amidine groups is 1. The van der Waals surface area contributed by atoms with Gasteiger partial charge in [0.15, 0.2) is 5.17 Å². The second-order valence-corrected chi connectivity index (χ2v) is 7.24. The van der Waals surface area contributed by atoms with Gasteiger partial charge in [-0.15, -0.1) is 0 Å². The zero-order valence-corrected chi connectivity index (χ0v) is 15.6. The lowest BCUT2D eigenvalue weighted by Crippen LogP contribution is -2.01. The maximum absolute atomic E-state index is 11.8. The summed E-state index contributed by atoms with van der Waals surface area (Å²) in [5.41, 5.74) is 6.91. The van der Waals surface area contributed by atoms with E-state index in [9.17, 15) is 14.9 Å². The molecule has 1 aliphatic rings. The van der Waals surface area contributed by atoms with E-state index in [-0.39, 0.29) is 17.5 Å². The monoisotopic (exact) mass is 433 g/mol. The van der Waals surface area contributed by atoms with Gasteiger partial charge in [0.2, 0.25) is 0 Å². The molecule has 0 saturated heterocycles. The SMILES string of the molecule is NC1=NC(=O)C(=Cc2cc(Br)ccc2OCc2cccc([N+](=O)[O-])c2)S1. The van der Waals surface area contributed by atoms with Crippen LogP contribution in [0.4, 0.5) is 5.69 Å². The summed E-state index contributed by atoms with van der Waals surface area (Å²) in [7, 11) is 0. The van der Waals surface area contributed by atoms with Gasteiger partial charge >= 0.3 is 0 Å². The Morgan fingerprint density at radius 3 is 2.81 bits per heavy atom. The Balaban J connectivity index is 1.83. The number of non-ortho nitro benzene ring substituents is 1. The summed E-state index contributed by atoms with van der Waals surface area (Å²) < 4.78 is 6.62. The molecule has 0 aliphatic carbocycles. The molecule has 0 fully saturated rings. The first kappa shape index (κ1) is 18.2. The number of amides is 1. The van der Waals surface area contributed by atoms with E-state index in [0.29, 0.717) is 21.8 Å². The number of nitrogens with zero attached hydrogens (tertiary/aromatic N) is 2. The number of halogens is 1. The second-order valence-electron chi connectivity index (χ2n) is 5.26. The summed E-state index contributed by atoms with van der Waals surface area (Å²) in [6, 6.07) is 11.6. The van der Waals surface area contributed by atoms with Gasteiger partial charge in [-0.05, 0) is 41.6 Å². The van der Waals surface area contributed by atoms with Crippen molar-refractivity contribution < 1.29 is 14.5 Å². The van der Waals surface area contributed by atoms with Crippen molar-refractivity contribution in [1.82, 2.24) is 0 Å². The average molecular weight is 434 g/mol. The van der Waals surface area contributed by atoms with E-state index in [1.54, 1.807) is 36.4 Å². The van der Waals surface area contributed by atoms with Crippen LogP contribution < -0.4 is 10.5 Å². The fourth-order valence-electron chi connectivity index (χ4n) is 2.25. The highest BCUT2D eigenvalue weighted by Gasteiger charge is 2.20. The number of rotatable bonds is 5. The molecule has 7 nitrogen and oxygen atoms in total. The Morgan fingerprint density at radius 1 is 1.31 bits per heavy atom. The number of aliphatic imine (C=N–C) groups is 1. The molecule has 0 bridgehead atoms. The van der Waals surface area contributed by atoms with Gasteiger partial charge in [-0.1, -0.05) is 28.1 Å². The molecule has 0 unspecified atom stereocenters. The molecular weight excluding hydrogens is 422 g/mol. The summed E-state index contributed by atoms with van der Waals surface area (Å²) >= 11 is 4.49. The highest BCUT2D eigenvalue weighted by atomic mass is 79.9. The number of nitrogens with two attached hydrogens (primary N) is 1. The summed E-state index contributed by atoms with van der Waals surface area (Å²) in [6.07, 6.45) is 1.66. The van der Waals surface area contributed by atoms with Gasteiger partial charge < -0.3 is 10.5 Å². The van der Waals surface area contributed by atoms with Gasteiger partial charge in [0.1, 0.15) is 12.4 Å². The predicted octanol–water partition coefficient (Wildman–Crippen LogP) is 3.87. The zero-order chi connectivity index (χ0) is 18.7. The Bertz CT molecular complexity index is 959. The van der Waals surface area contributed by atoms with E-state index < -0.39 is 10.8 Å². The highest BCUT2D eigenvalue weighted by molar-refractivity contribution is 9.10. The van der Waals surface area contributed by atoms with Crippen LogP contribution in [0.3, 0.4) is 0 Å². The molecule has 1 aliphatic heterocycles. The quantitative estimate of drug-likeness (QED) is 0.435. The Hall–Kier alpha value is -2.65. The van der Waals surface area contributed by atoms with Crippen LogP contribution in [0.25, 0.3) is 6.08 Å². The lowest BCUT2D eigenvalue weighted by molar-refractivity contribution is -0.384. The van der Waals surface area contributed by atoms with Crippen molar-refractivity contribution in [2.24, 2.45) is 10.7 Å². The van der Waals surface area contributed by atoms with E-state index in [4.69, 9.17) is 10.5 Å². The van der Waals surface area contributed by atoms with Crippen molar-refractivity contribution in [2.45, 2.75) is 6.61 Å². The maximum atomic E-state index is 11.8. The Morgan fingerprint density at radius 2 is 2.12 bits per heavy atom. The van der Waals surface area contributed by atoms with Gasteiger partial charge in [0.25, 0.3) is 11.6 Å². The number of thioether (sulfide) groups is 1. The minimum atomic E-state index is -0.452. The smallest absolute Gasteiger partial charge is 0.286 e. The fourth-order valence-corrected chi connectivity index (χ4v) is 3.30. The van der Waals surface area contributed by atoms with E-state index in [1.807, 2.05) is 0 Å². The number of hydrogen-bond donors (Lipinski definition) is 1. The molecule has 2 aromatic rings. The Kier molecular flexibility index (Phi) is 5.38. The number of ether oxygens (including phenoxy) is 1. The topological polar surface area (TPSA) is 108 Å². The number of carbonyl (C=O) groups is 1. The molecule has 2 N–H and O–H groups in total. The third-order valence-corrected chi connectivity index (χ3v) is 4.72. The standard InChI is InChI=1S/C17H12BrN3O4S/c18-12-4-5-14(11(7-12)8-15-16(22)20-17(19)26-15)25-9-10-2-1-3-13(6-10)21(23)24/h1-8H,9H2,(H2,19,20,22). The van der Waals surface area contributed by atoms with Crippen molar-refractivity contribution in [1.29, 1.82) is 0 Å². The van der Waals surface area contributed by atoms with Gasteiger partial charge in [0.05, 0.1) is 9.83 Å². The minimum absolute atomic E-state index is 0.00447. The second kappa shape index (κ2) is 7.71. The van der Waals surface area contributed by atoms with Crippen LogP contribution >= 0.6 is 27.7 Å².